The Morgan fingerprint density at radius 1 is 0.745 bits per heavy atom. The van der Waals surface area contributed by atoms with Gasteiger partial charge in [-0.25, -0.2) is 14.4 Å². The van der Waals surface area contributed by atoms with E-state index in [0.717, 1.165) is 45.2 Å². The molecular weight excluding hydrogens is 600 g/mol. The van der Waals surface area contributed by atoms with Crippen molar-refractivity contribution >= 4 is 59.7 Å². The van der Waals surface area contributed by atoms with Crippen molar-refractivity contribution < 1.29 is 4.39 Å². The molecule has 0 saturated carbocycles. The number of para-hydroxylation sites is 2. The van der Waals surface area contributed by atoms with Crippen LogP contribution in [-0.2, 0) is 12.5 Å². The fourth-order valence-electron chi connectivity index (χ4n) is 7.34. The van der Waals surface area contributed by atoms with Crippen LogP contribution in [0.2, 0.25) is 0 Å². The topological polar surface area (TPSA) is 34.0 Å². The molecule has 228 valence electrons. The van der Waals surface area contributed by atoms with Crippen molar-refractivity contribution in [2.24, 2.45) is 7.05 Å². The van der Waals surface area contributed by atoms with Gasteiger partial charge in [0.2, 0.25) is 0 Å². The first kappa shape index (κ1) is 27.9. The van der Waals surface area contributed by atoms with E-state index < -0.39 is 6.17 Å². The summed E-state index contributed by atoms with van der Waals surface area (Å²) >= 11 is 1.81. The van der Waals surface area contributed by atoms with E-state index in [1.54, 1.807) is 0 Å². The molecule has 0 fully saturated rings. The number of anilines is 3. The third-order valence-electron chi connectivity index (χ3n) is 9.75. The van der Waals surface area contributed by atoms with E-state index in [-0.39, 0.29) is 5.41 Å². The van der Waals surface area contributed by atoms with Gasteiger partial charge in [0.15, 0.2) is 6.17 Å². The zero-order chi connectivity index (χ0) is 31.9. The van der Waals surface area contributed by atoms with Gasteiger partial charge in [-0.05, 0) is 64.7 Å². The summed E-state index contributed by atoms with van der Waals surface area (Å²) in [6.07, 6.45) is 0.499. The van der Waals surface area contributed by atoms with Crippen molar-refractivity contribution in [3.05, 3.63) is 150 Å². The van der Waals surface area contributed by atoms with Crippen LogP contribution < -0.4 is 4.90 Å². The number of nitrogens with zero attached hydrogens (tertiary/aromatic N) is 4. The number of aromatic nitrogens is 3. The van der Waals surface area contributed by atoms with Crippen LogP contribution in [0.3, 0.4) is 0 Å². The van der Waals surface area contributed by atoms with Crippen LogP contribution in [0.25, 0.3) is 42.6 Å². The highest BCUT2D eigenvalue weighted by Crippen LogP contribution is 2.56. The minimum absolute atomic E-state index is 0.315. The Morgan fingerprint density at radius 3 is 2.38 bits per heavy atom. The SMILES string of the molecule is Cn1c(-c2cccc(C(F)c3ccc4c(c3)N(c3ccccn3)c3c(ccc5c3sc3ccccc35)C4(C)C)c2)nc2ccccc21. The molecule has 0 aliphatic carbocycles. The van der Waals surface area contributed by atoms with Crippen molar-refractivity contribution in [1.29, 1.82) is 0 Å². The number of hydrogen-bond donors (Lipinski definition) is 0. The van der Waals surface area contributed by atoms with E-state index in [9.17, 15) is 0 Å². The summed E-state index contributed by atoms with van der Waals surface area (Å²) in [7, 11) is 2.01. The van der Waals surface area contributed by atoms with Crippen LogP contribution in [0.5, 0.6) is 0 Å². The quantitative estimate of drug-likeness (QED) is 0.194. The van der Waals surface area contributed by atoms with E-state index in [4.69, 9.17) is 9.97 Å². The Kier molecular flexibility index (Phi) is 6.15. The molecule has 5 aromatic carbocycles. The second kappa shape index (κ2) is 10.3. The second-order valence-electron chi connectivity index (χ2n) is 12.8. The number of pyridine rings is 1. The molecule has 6 heteroatoms. The average molecular weight is 631 g/mol. The molecule has 1 aliphatic rings. The molecule has 1 unspecified atom stereocenters. The number of halogens is 1. The molecule has 3 aromatic heterocycles. The molecule has 0 N–H and O–H groups in total. The van der Waals surface area contributed by atoms with Gasteiger partial charge in [0.1, 0.15) is 11.6 Å². The van der Waals surface area contributed by atoms with Crippen LogP contribution in [0.15, 0.2) is 128 Å². The first-order valence-electron chi connectivity index (χ1n) is 15.9. The Bertz CT molecular complexity index is 2490. The third-order valence-corrected chi connectivity index (χ3v) is 10.9. The maximum atomic E-state index is 16.8. The summed E-state index contributed by atoms with van der Waals surface area (Å²) in [5.41, 5.74) is 8.20. The first-order chi connectivity index (χ1) is 22.9. The summed E-state index contributed by atoms with van der Waals surface area (Å²) in [6, 6.07) is 41.0. The molecule has 0 radical (unpaired) electrons. The number of alkyl halides is 1. The molecule has 0 amide bonds. The fraction of sp³-hybridized carbons (Fsp3) is 0.122. The minimum atomic E-state index is -1.33. The van der Waals surface area contributed by atoms with E-state index in [0.29, 0.717) is 11.1 Å². The summed E-state index contributed by atoms with van der Waals surface area (Å²) in [5.74, 6) is 1.63. The Hall–Kier alpha value is -5.33. The van der Waals surface area contributed by atoms with Gasteiger partial charge in [-0.3, -0.25) is 4.90 Å². The summed E-state index contributed by atoms with van der Waals surface area (Å²) in [4.78, 5) is 12.0. The Morgan fingerprint density at radius 2 is 1.53 bits per heavy atom. The highest BCUT2D eigenvalue weighted by Gasteiger charge is 2.39. The van der Waals surface area contributed by atoms with Crippen molar-refractivity contribution in [2.75, 3.05) is 4.90 Å². The van der Waals surface area contributed by atoms with Gasteiger partial charge in [0, 0.05) is 39.7 Å². The lowest BCUT2D eigenvalue weighted by atomic mass is 9.73. The van der Waals surface area contributed by atoms with Crippen LogP contribution in [-0.4, -0.2) is 14.5 Å². The molecule has 1 aliphatic heterocycles. The van der Waals surface area contributed by atoms with Gasteiger partial charge >= 0.3 is 0 Å². The standard InChI is InChI=1S/C41H31FN4S/c1-41(2)30-20-18-26(37(42)25-11-10-12-27(23-25)40-44-32-14-5-6-15-33(32)45(40)3)24-34(30)46(36-17-8-9-22-43-36)38-31(41)21-19-29-28-13-4-7-16-35(28)47-39(29)38/h4-24,37H,1-3H3. The van der Waals surface area contributed by atoms with Crippen LogP contribution in [0.1, 0.15) is 42.3 Å². The van der Waals surface area contributed by atoms with Crippen LogP contribution >= 0.6 is 11.3 Å². The number of rotatable bonds is 4. The smallest absolute Gasteiger partial charge is 0.150 e. The maximum absolute atomic E-state index is 16.8. The van der Waals surface area contributed by atoms with Crippen LogP contribution in [0.4, 0.5) is 21.6 Å². The van der Waals surface area contributed by atoms with Crippen molar-refractivity contribution in [3.8, 4) is 11.4 Å². The maximum Gasteiger partial charge on any atom is 0.150 e. The monoisotopic (exact) mass is 630 g/mol. The highest BCUT2D eigenvalue weighted by atomic mass is 32.1. The summed E-state index contributed by atoms with van der Waals surface area (Å²) in [6.45, 7) is 4.54. The number of hydrogen-bond acceptors (Lipinski definition) is 4. The lowest BCUT2D eigenvalue weighted by molar-refractivity contribution is 0.402. The number of aryl methyl sites for hydroxylation is 1. The van der Waals surface area contributed by atoms with Gasteiger partial charge in [-0.2, -0.15) is 0 Å². The molecule has 4 heterocycles. The number of imidazole rings is 1. The zero-order valence-corrected chi connectivity index (χ0v) is 27.1. The highest BCUT2D eigenvalue weighted by molar-refractivity contribution is 7.26. The number of benzene rings is 5. The van der Waals surface area contributed by atoms with Gasteiger partial charge in [-0.1, -0.05) is 92.7 Å². The van der Waals surface area contributed by atoms with Crippen molar-refractivity contribution in [2.45, 2.75) is 25.4 Å². The predicted octanol–water partition coefficient (Wildman–Crippen LogP) is 11.2. The zero-order valence-electron chi connectivity index (χ0n) is 26.3. The first-order valence-corrected chi connectivity index (χ1v) is 16.7. The molecule has 9 rings (SSSR count). The lowest BCUT2D eigenvalue weighted by Crippen LogP contribution is -2.31. The minimum Gasteiger partial charge on any atom is -0.327 e. The van der Waals surface area contributed by atoms with E-state index >= 15 is 4.39 Å². The molecule has 8 aromatic rings. The van der Waals surface area contributed by atoms with Gasteiger partial charge in [0.05, 0.1) is 27.1 Å². The number of thiophene rings is 1. The summed E-state index contributed by atoms with van der Waals surface area (Å²) < 4.78 is 21.3. The molecule has 4 nitrogen and oxygen atoms in total. The van der Waals surface area contributed by atoms with Gasteiger partial charge in [-0.15, -0.1) is 11.3 Å². The normalized spacial score (nSPS) is 14.4. The van der Waals surface area contributed by atoms with Crippen molar-refractivity contribution in [1.82, 2.24) is 14.5 Å². The molecule has 1 atom stereocenters. The average Bonchev–Trinajstić information content (AvgIpc) is 3.66. The fourth-order valence-corrected chi connectivity index (χ4v) is 8.58. The van der Waals surface area contributed by atoms with Crippen molar-refractivity contribution in [3.63, 3.8) is 0 Å². The Labute approximate surface area is 276 Å². The predicted molar refractivity (Wildman–Crippen MR) is 193 cm³/mol. The largest absolute Gasteiger partial charge is 0.327 e. The Balaban J connectivity index is 1.21. The molecule has 0 saturated heterocycles. The van der Waals surface area contributed by atoms with E-state index in [1.165, 1.54) is 25.7 Å². The molecular formula is C41H31FN4S. The van der Waals surface area contributed by atoms with Crippen LogP contribution in [0, 0.1) is 0 Å². The number of fused-ring (bicyclic) bond motifs is 7. The summed E-state index contributed by atoms with van der Waals surface area (Å²) in [5, 5.41) is 2.47. The molecule has 47 heavy (non-hydrogen) atoms. The van der Waals surface area contributed by atoms with Gasteiger partial charge < -0.3 is 4.57 Å². The second-order valence-corrected chi connectivity index (χ2v) is 13.9. The lowest BCUT2D eigenvalue weighted by Gasteiger charge is -2.42. The molecule has 0 spiro atoms. The third kappa shape index (κ3) is 4.18. The van der Waals surface area contributed by atoms with Gasteiger partial charge in [0.25, 0.3) is 0 Å². The van der Waals surface area contributed by atoms with E-state index in [1.807, 2.05) is 97.4 Å². The molecule has 0 bridgehead atoms. The van der Waals surface area contributed by atoms with E-state index in [2.05, 4.69) is 71.8 Å².